The number of rotatable bonds is 3. The highest BCUT2D eigenvalue weighted by atomic mass is 79.9. The van der Waals surface area contributed by atoms with Crippen LogP contribution in [0.1, 0.15) is 23.0 Å². The first-order valence-electron chi connectivity index (χ1n) is 8.10. The average molecular weight is 405 g/mol. The second-order valence-corrected chi connectivity index (χ2v) is 7.11. The Bertz CT molecular complexity index is 881. The van der Waals surface area contributed by atoms with Crippen molar-refractivity contribution in [3.63, 3.8) is 0 Å². The zero-order valence-electron chi connectivity index (χ0n) is 13.6. The Kier molecular flexibility index (Phi) is 4.13. The van der Waals surface area contributed by atoms with Gasteiger partial charge in [0.1, 0.15) is 6.61 Å². The van der Waals surface area contributed by atoms with Gasteiger partial charge in [-0.15, -0.1) is 0 Å². The molecule has 1 aromatic carbocycles. The maximum atomic E-state index is 13.0. The molecular formula is C18H17BrN2O4. The Morgan fingerprint density at radius 1 is 1.28 bits per heavy atom. The van der Waals surface area contributed by atoms with Gasteiger partial charge in [-0.1, -0.05) is 30.3 Å². The van der Waals surface area contributed by atoms with Crippen LogP contribution >= 0.6 is 15.9 Å². The number of benzene rings is 1. The Morgan fingerprint density at radius 2 is 2.04 bits per heavy atom. The number of carbonyl (C=O) groups excluding carboxylic acids is 1. The summed E-state index contributed by atoms with van der Waals surface area (Å²) in [6.45, 7) is 3.14. The molecule has 0 N–H and O–H groups in total. The second kappa shape index (κ2) is 6.31. The normalized spacial score (nSPS) is 21.8. The van der Waals surface area contributed by atoms with E-state index in [-0.39, 0.29) is 41.7 Å². The van der Waals surface area contributed by atoms with E-state index in [0.717, 1.165) is 5.56 Å². The lowest BCUT2D eigenvalue weighted by Crippen LogP contribution is -2.48. The number of nitrogens with zero attached hydrogens (tertiary/aromatic N) is 2. The number of hydrogen-bond donors (Lipinski definition) is 0. The van der Waals surface area contributed by atoms with E-state index in [9.17, 15) is 9.59 Å². The number of amides is 1. The van der Waals surface area contributed by atoms with E-state index in [2.05, 4.69) is 15.9 Å². The minimum absolute atomic E-state index is 0.0213. The van der Waals surface area contributed by atoms with Crippen LogP contribution in [0.2, 0.25) is 0 Å². The summed E-state index contributed by atoms with van der Waals surface area (Å²) in [5.74, 6) is -0.144. The van der Waals surface area contributed by atoms with Crippen LogP contribution in [-0.2, 0) is 17.9 Å². The fourth-order valence-electron chi connectivity index (χ4n) is 3.29. The van der Waals surface area contributed by atoms with Crippen LogP contribution in [0.3, 0.4) is 0 Å². The van der Waals surface area contributed by atoms with Gasteiger partial charge in [0.15, 0.2) is 17.7 Å². The molecule has 0 radical (unpaired) electrons. The first-order valence-corrected chi connectivity index (χ1v) is 8.89. The largest absolute Gasteiger partial charge is 0.483 e. The quantitative estimate of drug-likeness (QED) is 0.787. The van der Waals surface area contributed by atoms with Crippen LogP contribution in [0.25, 0.3) is 0 Å². The molecule has 0 spiro atoms. The van der Waals surface area contributed by atoms with Crippen LogP contribution in [0.5, 0.6) is 5.75 Å². The van der Waals surface area contributed by atoms with Gasteiger partial charge in [0.05, 0.1) is 23.7 Å². The predicted molar refractivity (Wildman–Crippen MR) is 94.5 cm³/mol. The third kappa shape index (κ3) is 2.77. The molecule has 3 heterocycles. The summed E-state index contributed by atoms with van der Waals surface area (Å²) >= 11 is 3.28. The van der Waals surface area contributed by atoms with Gasteiger partial charge in [0, 0.05) is 6.20 Å². The lowest BCUT2D eigenvalue weighted by Gasteiger charge is -2.34. The van der Waals surface area contributed by atoms with Gasteiger partial charge in [-0.05, 0) is 28.4 Å². The standard InChI is InChI=1S/C18H17BrN2O4/c1-11-9-24-14-8-20-7-13(19)16(22)17(15(20)18(23)21(11)14)25-10-12-5-3-2-4-6-12/h2-7,11,14H,8-10H2,1H3. The van der Waals surface area contributed by atoms with Crippen LogP contribution in [0.4, 0.5) is 0 Å². The molecule has 2 unspecified atom stereocenters. The monoisotopic (exact) mass is 404 g/mol. The Hall–Kier alpha value is -2.12. The third-order valence-electron chi connectivity index (χ3n) is 4.53. The van der Waals surface area contributed by atoms with E-state index in [1.54, 1.807) is 15.7 Å². The van der Waals surface area contributed by atoms with Crippen LogP contribution in [-0.4, -0.2) is 34.3 Å². The molecule has 0 aliphatic carbocycles. The minimum Gasteiger partial charge on any atom is -0.483 e. The van der Waals surface area contributed by atoms with Crippen molar-refractivity contribution in [2.45, 2.75) is 32.3 Å². The lowest BCUT2D eigenvalue weighted by molar-refractivity contribution is 0.00608. The molecule has 2 aromatic rings. The van der Waals surface area contributed by atoms with Crippen molar-refractivity contribution in [3.8, 4) is 5.75 Å². The zero-order valence-corrected chi connectivity index (χ0v) is 15.2. The number of hydrogen-bond acceptors (Lipinski definition) is 4. The van der Waals surface area contributed by atoms with E-state index >= 15 is 0 Å². The molecule has 0 bridgehead atoms. The van der Waals surface area contributed by atoms with Gasteiger partial charge in [0.25, 0.3) is 5.91 Å². The molecule has 0 saturated carbocycles. The first-order chi connectivity index (χ1) is 12.1. The fraction of sp³-hybridized carbons (Fsp3) is 0.333. The summed E-state index contributed by atoms with van der Waals surface area (Å²) in [6.07, 6.45) is 1.33. The van der Waals surface area contributed by atoms with Crippen molar-refractivity contribution in [3.05, 3.63) is 62.5 Å². The molecule has 1 amide bonds. The van der Waals surface area contributed by atoms with E-state index in [1.165, 1.54) is 0 Å². The highest BCUT2D eigenvalue weighted by Gasteiger charge is 2.42. The van der Waals surface area contributed by atoms with Crippen LogP contribution in [0, 0.1) is 0 Å². The predicted octanol–water partition coefficient (Wildman–Crippen LogP) is 2.39. The van der Waals surface area contributed by atoms with Gasteiger partial charge >= 0.3 is 0 Å². The molecule has 6 nitrogen and oxygen atoms in total. The molecule has 1 fully saturated rings. The maximum absolute atomic E-state index is 13.0. The van der Waals surface area contributed by atoms with Gasteiger partial charge in [-0.3, -0.25) is 9.59 Å². The van der Waals surface area contributed by atoms with Gasteiger partial charge in [0.2, 0.25) is 5.43 Å². The van der Waals surface area contributed by atoms with Gasteiger partial charge in [-0.2, -0.15) is 0 Å². The number of aromatic nitrogens is 1. The molecule has 1 saturated heterocycles. The van der Waals surface area contributed by atoms with Gasteiger partial charge in [-0.25, -0.2) is 0 Å². The number of carbonyl (C=O) groups is 1. The summed E-state index contributed by atoms with van der Waals surface area (Å²) in [4.78, 5) is 27.3. The van der Waals surface area contributed by atoms with Crippen LogP contribution < -0.4 is 10.2 Å². The SMILES string of the molecule is CC1COC2Cn3cc(Br)c(=O)c(OCc4ccccc4)c3C(=O)N12. The Balaban J connectivity index is 1.75. The highest BCUT2D eigenvalue weighted by Crippen LogP contribution is 2.31. The first kappa shape index (κ1) is 16.4. The molecule has 2 aliphatic heterocycles. The van der Waals surface area contributed by atoms with E-state index in [0.29, 0.717) is 17.6 Å². The van der Waals surface area contributed by atoms with E-state index in [4.69, 9.17) is 9.47 Å². The highest BCUT2D eigenvalue weighted by molar-refractivity contribution is 9.10. The van der Waals surface area contributed by atoms with Crippen molar-refractivity contribution in [1.29, 1.82) is 0 Å². The summed E-state index contributed by atoms with van der Waals surface area (Å²) in [5.41, 5.74) is 0.902. The van der Waals surface area contributed by atoms with Crippen LogP contribution in [0.15, 0.2) is 45.8 Å². The number of fused-ring (bicyclic) bond motifs is 2. The maximum Gasteiger partial charge on any atom is 0.276 e. The molecule has 130 valence electrons. The summed E-state index contributed by atoms with van der Waals surface area (Å²) in [6, 6.07) is 9.53. The summed E-state index contributed by atoms with van der Waals surface area (Å²) in [7, 11) is 0. The Labute approximate surface area is 153 Å². The molecular weight excluding hydrogens is 388 g/mol. The van der Waals surface area contributed by atoms with Crippen molar-refractivity contribution in [1.82, 2.24) is 9.47 Å². The molecule has 7 heteroatoms. The molecule has 2 atom stereocenters. The lowest BCUT2D eigenvalue weighted by atomic mass is 10.1. The smallest absolute Gasteiger partial charge is 0.276 e. The Morgan fingerprint density at radius 3 is 2.80 bits per heavy atom. The summed E-state index contributed by atoms with van der Waals surface area (Å²) < 4.78 is 13.6. The van der Waals surface area contributed by atoms with E-state index in [1.807, 2.05) is 37.3 Å². The second-order valence-electron chi connectivity index (χ2n) is 6.26. The molecule has 4 rings (SSSR count). The minimum atomic E-state index is -0.318. The fourth-order valence-corrected chi connectivity index (χ4v) is 3.72. The third-order valence-corrected chi connectivity index (χ3v) is 5.09. The van der Waals surface area contributed by atoms with Crippen molar-refractivity contribution in [2.24, 2.45) is 0 Å². The molecule has 25 heavy (non-hydrogen) atoms. The number of pyridine rings is 1. The van der Waals surface area contributed by atoms with Crippen molar-refractivity contribution in [2.75, 3.05) is 6.61 Å². The van der Waals surface area contributed by atoms with Crippen molar-refractivity contribution >= 4 is 21.8 Å². The molecule has 1 aromatic heterocycles. The zero-order chi connectivity index (χ0) is 17.6. The summed E-state index contributed by atoms with van der Waals surface area (Å²) in [5, 5.41) is 0. The average Bonchev–Trinajstić information content (AvgIpc) is 2.98. The molecule has 2 aliphatic rings. The van der Waals surface area contributed by atoms with Crippen molar-refractivity contribution < 1.29 is 14.3 Å². The topological polar surface area (TPSA) is 60.8 Å². The number of ether oxygens (including phenoxy) is 2. The van der Waals surface area contributed by atoms with E-state index < -0.39 is 0 Å². The van der Waals surface area contributed by atoms with Gasteiger partial charge < -0.3 is 18.9 Å². The number of halogens is 1.